The van der Waals surface area contributed by atoms with E-state index in [4.69, 9.17) is 4.74 Å². The molecule has 3 rings (SSSR count). The van der Waals surface area contributed by atoms with Crippen LogP contribution in [-0.2, 0) is 9.53 Å². The Morgan fingerprint density at radius 1 is 0.879 bits per heavy atom. The second-order valence-corrected chi connectivity index (χ2v) is 8.81. The van der Waals surface area contributed by atoms with E-state index in [0.29, 0.717) is 29.1 Å². The number of aryl methyl sites for hydroxylation is 1. The van der Waals surface area contributed by atoms with Crippen molar-refractivity contribution in [1.29, 1.82) is 0 Å². The standard InChI is InChI=1S/C26H26N2O4S/c1-4-32-26(31)20-12-14-21(15-13-20)27-24(29)18(3)33-23-7-5-6-22(16-23)28-25(30)19-10-8-17(2)9-11-19/h5-16,18H,4H2,1-3H3,(H,27,29)(H,28,30). The van der Waals surface area contributed by atoms with Crippen LogP contribution >= 0.6 is 11.8 Å². The first-order chi connectivity index (χ1) is 15.9. The number of esters is 1. The van der Waals surface area contributed by atoms with E-state index in [1.165, 1.54) is 11.8 Å². The molecule has 0 saturated heterocycles. The molecule has 3 aromatic rings. The molecule has 1 unspecified atom stereocenters. The Labute approximate surface area is 197 Å². The average molecular weight is 463 g/mol. The van der Waals surface area contributed by atoms with Crippen molar-refractivity contribution >= 4 is 40.9 Å². The molecule has 2 N–H and O–H groups in total. The maximum Gasteiger partial charge on any atom is 0.338 e. The summed E-state index contributed by atoms with van der Waals surface area (Å²) in [5.74, 6) is -0.749. The topological polar surface area (TPSA) is 84.5 Å². The summed E-state index contributed by atoms with van der Waals surface area (Å²) in [6.07, 6.45) is 0. The third-order valence-corrected chi connectivity index (χ3v) is 5.85. The van der Waals surface area contributed by atoms with E-state index in [2.05, 4.69) is 10.6 Å². The van der Waals surface area contributed by atoms with Crippen LogP contribution in [0.1, 0.15) is 40.1 Å². The molecule has 33 heavy (non-hydrogen) atoms. The van der Waals surface area contributed by atoms with Gasteiger partial charge in [-0.3, -0.25) is 9.59 Å². The summed E-state index contributed by atoms with van der Waals surface area (Å²) < 4.78 is 4.96. The number of nitrogens with one attached hydrogen (secondary N) is 2. The van der Waals surface area contributed by atoms with Crippen molar-refractivity contribution in [3.05, 3.63) is 89.5 Å². The lowest BCUT2D eigenvalue weighted by Gasteiger charge is -2.13. The highest BCUT2D eigenvalue weighted by Crippen LogP contribution is 2.27. The van der Waals surface area contributed by atoms with Crippen molar-refractivity contribution in [3.63, 3.8) is 0 Å². The normalized spacial score (nSPS) is 11.4. The van der Waals surface area contributed by atoms with Crippen LogP contribution < -0.4 is 10.6 Å². The van der Waals surface area contributed by atoms with Crippen molar-refractivity contribution in [2.75, 3.05) is 17.2 Å². The van der Waals surface area contributed by atoms with Gasteiger partial charge >= 0.3 is 5.97 Å². The largest absolute Gasteiger partial charge is 0.462 e. The molecule has 3 aromatic carbocycles. The maximum atomic E-state index is 12.6. The van der Waals surface area contributed by atoms with Crippen molar-refractivity contribution in [3.8, 4) is 0 Å². The van der Waals surface area contributed by atoms with Gasteiger partial charge in [-0.05, 0) is 75.4 Å². The zero-order chi connectivity index (χ0) is 23.8. The second-order valence-electron chi connectivity index (χ2n) is 7.40. The van der Waals surface area contributed by atoms with Crippen LogP contribution in [0.15, 0.2) is 77.7 Å². The van der Waals surface area contributed by atoms with Gasteiger partial charge in [0.25, 0.3) is 5.91 Å². The van der Waals surface area contributed by atoms with E-state index in [1.54, 1.807) is 43.3 Å². The molecule has 0 heterocycles. The van der Waals surface area contributed by atoms with Crippen molar-refractivity contribution in [2.45, 2.75) is 30.9 Å². The third-order valence-electron chi connectivity index (χ3n) is 4.75. The zero-order valence-corrected chi connectivity index (χ0v) is 19.6. The summed E-state index contributed by atoms with van der Waals surface area (Å²) in [4.78, 5) is 37.7. The van der Waals surface area contributed by atoms with Crippen LogP contribution in [0.3, 0.4) is 0 Å². The molecule has 7 heteroatoms. The Balaban J connectivity index is 1.57. The lowest BCUT2D eigenvalue weighted by atomic mass is 10.1. The van der Waals surface area contributed by atoms with Crippen molar-refractivity contribution in [2.24, 2.45) is 0 Å². The van der Waals surface area contributed by atoms with Crippen molar-refractivity contribution < 1.29 is 19.1 Å². The minimum atomic E-state index is -0.395. The number of ether oxygens (including phenoxy) is 1. The Morgan fingerprint density at radius 2 is 1.55 bits per heavy atom. The van der Waals surface area contributed by atoms with Crippen LogP contribution in [0.25, 0.3) is 0 Å². The fourth-order valence-corrected chi connectivity index (χ4v) is 3.89. The number of carbonyl (C=O) groups is 3. The van der Waals surface area contributed by atoms with Gasteiger partial charge < -0.3 is 15.4 Å². The summed E-state index contributed by atoms with van der Waals surface area (Å²) in [5, 5.41) is 5.37. The van der Waals surface area contributed by atoms with Gasteiger partial charge in [-0.2, -0.15) is 0 Å². The molecule has 6 nitrogen and oxygen atoms in total. The summed E-state index contributed by atoms with van der Waals surface area (Å²) in [6.45, 7) is 5.84. The summed E-state index contributed by atoms with van der Waals surface area (Å²) in [5.41, 5.74) is 3.36. The third kappa shape index (κ3) is 6.95. The van der Waals surface area contributed by atoms with Crippen molar-refractivity contribution in [1.82, 2.24) is 0 Å². The minimum Gasteiger partial charge on any atom is -0.462 e. The van der Waals surface area contributed by atoms with Crippen LogP contribution in [0.5, 0.6) is 0 Å². The number of benzene rings is 3. The number of hydrogen-bond acceptors (Lipinski definition) is 5. The first-order valence-electron chi connectivity index (χ1n) is 10.6. The maximum absolute atomic E-state index is 12.6. The van der Waals surface area contributed by atoms with E-state index >= 15 is 0 Å². The highest BCUT2D eigenvalue weighted by molar-refractivity contribution is 8.00. The SMILES string of the molecule is CCOC(=O)c1ccc(NC(=O)C(C)Sc2cccc(NC(=O)c3ccc(C)cc3)c2)cc1. The number of hydrogen-bond donors (Lipinski definition) is 2. The smallest absolute Gasteiger partial charge is 0.338 e. The van der Waals surface area contributed by atoms with Gasteiger partial charge in [0.15, 0.2) is 0 Å². The monoisotopic (exact) mass is 462 g/mol. The molecular formula is C26H26N2O4S. The van der Waals surface area contributed by atoms with Gasteiger partial charge in [0, 0.05) is 21.8 Å². The molecule has 0 aliphatic carbocycles. The highest BCUT2D eigenvalue weighted by atomic mass is 32.2. The lowest BCUT2D eigenvalue weighted by molar-refractivity contribution is -0.115. The second kappa shape index (κ2) is 11.3. The molecule has 0 aromatic heterocycles. The van der Waals surface area contributed by atoms with Crippen LogP contribution in [-0.4, -0.2) is 29.6 Å². The summed E-state index contributed by atoms with van der Waals surface area (Å²) in [6, 6.07) is 21.3. The van der Waals surface area contributed by atoms with Gasteiger partial charge in [-0.1, -0.05) is 23.8 Å². The molecule has 0 saturated carbocycles. The number of carbonyl (C=O) groups excluding carboxylic acids is 3. The number of anilines is 2. The molecule has 0 bridgehead atoms. The zero-order valence-electron chi connectivity index (χ0n) is 18.8. The Hall–Kier alpha value is -3.58. The van der Waals surface area contributed by atoms with E-state index < -0.39 is 5.97 Å². The molecule has 0 aliphatic rings. The van der Waals surface area contributed by atoms with Gasteiger partial charge in [-0.25, -0.2) is 4.79 Å². The number of rotatable bonds is 8. The Bertz CT molecular complexity index is 1130. The first kappa shape index (κ1) is 24.1. The number of thioether (sulfide) groups is 1. The predicted molar refractivity (Wildman–Crippen MR) is 132 cm³/mol. The molecule has 2 amide bonds. The number of amides is 2. The molecular weight excluding hydrogens is 436 g/mol. The molecule has 0 radical (unpaired) electrons. The molecule has 0 fully saturated rings. The average Bonchev–Trinajstić information content (AvgIpc) is 2.80. The lowest BCUT2D eigenvalue weighted by Crippen LogP contribution is -2.22. The first-order valence-corrected chi connectivity index (χ1v) is 11.5. The van der Waals surface area contributed by atoms with Gasteiger partial charge in [0.1, 0.15) is 0 Å². The van der Waals surface area contributed by atoms with E-state index in [9.17, 15) is 14.4 Å². The molecule has 0 aliphatic heterocycles. The summed E-state index contributed by atoms with van der Waals surface area (Å²) >= 11 is 1.39. The predicted octanol–water partition coefficient (Wildman–Crippen LogP) is 5.54. The van der Waals surface area contributed by atoms with Gasteiger partial charge in [0.05, 0.1) is 17.4 Å². The fraction of sp³-hybridized carbons (Fsp3) is 0.192. The van der Waals surface area contributed by atoms with Gasteiger partial charge in [-0.15, -0.1) is 11.8 Å². The van der Waals surface area contributed by atoms with Gasteiger partial charge in [0.2, 0.25) is 5.91 Å². The highest BCUT2D eigenvalue weighted by Gasteiger charge is 2.16. The minimum absolute atomic E-state index is 0.169. The molecule has 0 spiro atoms. The Morgan fingerprint density at radius 3 is 2.21 bits per heavy atom. The molecule has 170 valence electrons. The Kier molecular flexibility index (Phi) is 8.27. The quantitative estimate of drug-likeness (QED) is 0.339. The van der Waals surface area contributed by atoms with Crippen LogP contribution in [0.2, 0.25) is 0 Å². The van der Waals surface area contributed by atoms with E-state index in [-0.39, 0.29) is 17.1 Å². The molecule has 1 atom stereocenters. The van der Waals surface area contributed by atoms with E-state index in [0.717, 1.165) is 10.5 Å². The summed E-state index contributed by atoms with van der Waals surface area (Å²) in [7, 11) is 0. The van der Waals surface area contributed by atoms with Crippen LogP contribution in [0, 0.1) is 6.92 Å². The van der Waals surface area contributed by atoms with Crippen LogP contribution in [0.4, 0.5) is 11.4 Å². The van der Waals surface area contributed by atoms with E-state index in [1.807, 2.05) is 50.2 Å². The fourth-order valence-electron chi connectivity index (χ4n) is 2.96.